The van der Waals surface area contributed by atoms with Crippen molar-refractivity contribution in [3.05, 3.63) is 5.01 Å². The standard InChI is InChI=1S/C10H20N4O2S/c1-4-11-10-13-12-9(17-10)6-14(2)5-8(15)7-16-3/h8,15H,4-7H2,1-3H3,(H,11,13). The van der Waals surface area contributed by atoms with E-state index in [9.17, 15) is 5.11 Å². The lowest BCUT2D eigenvalue weighted by molar-refractivity contribution is 0.0418. The molecule has 1 rings (SSSR count). The van der Waals surface area contributed by atoms with E-state index in [1.54, 1.807) is 7.11 Å². The molecule has 1 atom stereocenters. The molecule has 1 aromatic rings. The van der Waals surface area contributed by atoms with Gasteiger partial charge < -0.3 is 15.2 Å². The van der Waals surface area contributed by atoms with E-state index in [-0.39, 0.29) is 0 Å². The number of likely N-dealkylation sites (N-methyl/N-ethyl adjacent to an activating group) is 1. The van der Waals surface area contributed by atoms with E-state index < -0.39 is 6.10 Å². The minimum Gasteiger partial charge on any atom is -0.389 e. The molecule has 0 aliphatic carbocycles. The molecule has 2 N–H and O–H groups in total. The van der Waals surface area contributed by atoms with Crippen molar-refractivity contribution in [2.75, 3.05) is 39.2 Å². The molecule has 0 saturated heterocycles. The zero-order valence-electron chi connectivity index (χ0n) is 10.5. The molecule has 6 nitrogen and oxygen atoms in total. The van der Waals surface area contributed by atoms with E-state index in [0.29, 0.717) is 19.7 Å². The summed E-state index contributed by atoms with van der Waals surface area (Å²) in [5, 5.41) is 22.6. The second-order valence-electron chi connectivity index (χ2n) is 3.84. The minimum absolute atomic E-state index is 0.350. The van der Waals surface area contributed by atoms with Crippen LogP contribution in [0.2, 0.25) is 0 Å². The molecule has 0 amide bonds. The lowest BCUT2D eigenvalue weighted by Gasteiger charge is -2.18. The predicted octanol–water partition coefficient (Wildman–Crippen LogP) is 0.409. The van der Waals surface area contributed by atoms with Crippen LogP contribution in [0.25, 0.3) is 0 Å². The molecule has 7 heteroatoms. The van der Waals surface area contributed by atoms with Crippen molar-refractivity contribution >= 4 is 16.5 Å². The Morgan fingerprint density at radius 3 is 2.94 bits per heavy atom. The van der Waals surface area contributed by atoms with Crippen molar-refractivity contribution in [2.45, 2.75) is 19.6 Å². The SMILES string of the molecule is CCNc1nnc(CN(C)CC(O)COC)s1. The number of ether oxygens (including phenoxy) is 1. The molecule has 0 aliphatic rings. The normalized spacial score (nSPS) is 13.0. The zero-order valence-corrected chi connectivity index (χ0v) is 11.3. The predicted molar refractivity (Wildman–Crippen MR) is 68.3 cm³/mol. The minimum atomic E-state index is -0.467. The molecule has 0 spiro atoms. The Bertz CT molecular complexity index is 321. The number of anilines is 1. The highest BCUT2D eigenvalue weighted by Gasteiger charge is 2.10. The maximum absolute atomic E-state index is 9.58. The first-order chi connectivity index (χ1) is 8.15. The summed E-state index contributed by atoms with van der Waals surface area (Å²) in [6.07, 6.45) is -0.467. The Morgan fingerprint density at radius 1 is 1.53 bits per heavy atom. The third-order valence-electron chi connectivity index (χ3n) is 2.08. The van der Waals surface area contributed by atoms with Gasteiger partial charge >= 0.3 is 0 Å². The Labute approximate surface area is 106 Å². The number of nitrogens with one attached hydrogen (secondary N) is 1. The monoisotopic (exact) mass is 260 g/mol. The van der Waals surface area contributed by atoms with Crippen molar-refractivity contribution in [1.29, 1.82) is 0 Å². The molecule has 0 aromatic carbocycles. The van der Waals surface area contributed by atoms with Crippen molar-refractivity contribution in [2.24, 2.45) is 0 Å². The van der Waals surface area contributed by atoms with Crippen LogP contribution in [0.4, 0.5) is 5.13 Å². The molecule has 17 heavy (non-hydrogen) atoms. The highest BCUT2D eigenvalue weighted by atomic mass is 32.1. The van der Waals surface area contributed by atoms with Gasteiger partial charge in [-0.05, 0) is 14.0 Å². The van der Waals surface area contributed by atoms with Crippen LogP contribution in [0.15, 0.2) is 0 Å². The number of aliphatic hydroxyl groups excluding tert-OH is 1. The van der Waals surface area contributed by atoms with Crippen molar-refractivity contribution in [3.8, 4) is 0 Å². The first-order valence-electron chi connectivity index (χ1n) is 5.57. The maximum Gasteiger partial charge on any atom is 0.205 e. The van der Waals surface area contributed by atoms with Crippen LogP contribution in [-0.4, -0.2) is 60.2 Å². The summed E-state index contributed by atoms with van der Waals surface area (Å²) in [5.41, 5.74) is 0. The van der Waals surface area contributed by atoms with E-state index in [1.165, 1.54) is 11.3 Å². The third kappa shape index (κ3) is 5.40. The summed E-state index contributed by atoms with van der Waals surface area (Å²) in [6.45, 7) is 4.46. The van der Waals surface area contributed by atoms with Crippen LogP contribution in [0, 0.1) is 0 Å². The largest absolute Gasteiger partial charge is 0.389 e. The van der Waals surface area contributed by atoms with Crippen LogP contribution in [0.1, 0.15) is 11.9 Å². The first-order valence-corrected chi connectivity index (χ1v) is 6.39. The number of methoxy groups -OCH3 is 1. The van der Waals surface area contributed by atoms with E-state index in [2.05, 4.69) is 15.5 Å². The Morgan fingerprint density at radius 2 is 2.29 bits per heavy atom. The number of hydrogen-bond donors (Lipinski definition) is 2. The molecule has 0 saturated carbocycles. The van der Waals surface area contributed by atoms with Crippen molar-refractivity contribution < 1.29 is 9.84 Å². The van der Waals surface area contributed by atoms with Gasteiger partial charge in [-0.15, -0.1) is 10.2 Å². The fraction of sp³-hybridized carbons (Fsp3) is 0.800. The summed E-state index contributed by atoms with van der Waals surface area (Å²) in [6, 6.07) is 0. The maximum atomic E-state index is 9.58. The summed E-state index contributed by atoms with van der Waals surface area (Å²) >= 11 is 1.54. The highest BCUT2D eigenvalue weighted by molar-refractivity contribution is 7.15. The molecule has 0 bridgehead atoms. The van der Waals surface area contributed by atoms with Crippen LogP contribution in [0.3, 0.4) is 0 Å². The average Bonchev–Trinajstić information content (AvgIpc) is 2.66. The van der Waals surface area contributed by atoms with Gasteiger partial charge in [-0.25, -0.2) is 0 Å². The summed E-state index contributed by atoms with van der Waals surface area (Å²) < 4.78 is 4.88. The van der Waals surface area contributed by atoms with E-state index in [4.69, 9.17) is 4.74 Å². The van der Waals surface area contributed by atoms with Crippen LogP contribution < -0.4 is 5.32 Å². The lowest BCUT2D eigenvalue weighted by Crippen LogP contribution is -2.31. The van der Waals surface area contributed by atoms with E-state index in [0.717, 1.165) is 16.7 Å². The molecule has 98 valence electrons. The highest BCUT2D eigenvalue weighted by Crippen LogP contribution is 2.16. The van der Waals surface area contributed by atoms with Gasteiger partial charge in [-0.3, -0.25) is 4.90 Å². The first kappa shape index (κ1) is 14.3. The molecule has 0 aliphatic heterocycles. The van der Waals surface area contributed by atoms with Crippen LogP contribution in [-0.2, 0) is 11.3 Å². The summed E-state index contributed by atoms with van der Waals surface area (Å²) in [7, 11) is 3.52. The van der Waals surface area contributed by atoms with Gasteiger partial charge in [0.25, 0.3) is 0 Å². The Kier molecular flexibility index (Phi) is 6.35. The van der Waals surface area contributed by atoms with Crippen molar-refractivity contribution in [1.82, 2.24) is 15.1 Å². The molecular formula is C10H20N4O2S. The van der Waals surface area contributed by atoms with Crippen LogP contribution in [0.5, 0.6) is 0 Å². The lowest BCUT2D eigenvalue weighted by atomic mass is 10.3. The van der Waals surface area contributed by atoms with Gasteiger partial charge in [0.05, 0.1) is 19.3 Å². The van der Waals surface area contributed by atoms with E-state index in [1.807, 2.05) is 18.9 Å². The molecule has 0 fully saturated rings. The topological polar surface area (TPSA) is 70.5 Å². The third-order valence-corrected chi connectivity index (χ3v) is 2.95. The molecular weight excluding hydrogens is 240 g/mol. The quantitative estimate of drug-likeness (QED) is 0.705. The summed E-state index contributed by atoms with van der Waals surface area (Å²) in [4.78, 5) is 2.00. The number of aromatic nitrogens is 2. The summed E-state index contributed by atoms with van der Waals surface area (Å²) in [5.74, 6) is 0. The van der Waals surface area contributed by atoms with Crippen LogP contribution >= 0.6 is 11.3 Å². The van der Waals surface area contributed by atoms with E-state index >= 15 is 0 Å². The van der Waals surface area contributed by atoms with Gasteiger partial charge in [-0.1, -0.05) is 11.3 Å². The molecule has 1 heterocycles. The fourth-order valence-corrected chi connectivity index (χ4v) is 2.33. The second-order valence-corrected chi connectivity index (χ2v) is 4.90. The Balaban J connectivity index is 2.36. The number of nitrogens with zero attached hydrogens (tertiary/aromatic N) is 3. The van der Waals surface area contributed by atoms with Crippen molar-refractivity contribution in [3.63, 3.8) is 0 Å². The molecule has 1 unspecified atom stereocenters. The zero-order chi connectivity index (χ0) is 12.7. The molecule has 1 aromatic heterocycles. The molecule has 0 radical (unpaired) electrons. The average molecular weight is 260 g/mol. The Hall–Kier alpha value is -0.760. The van der Waals surface area contributed by atoms with Gasteiger partial charge in [0, 0.05) is 20.2 Å². The number of rotatable bonds is 8. The fourth-order valence-electron chi connectivity index (χ4n) is 1.44. The second kappa shape index (κ2) is 7.54. The van der Waals surface area contributed by atoms with Gasteiger partial charge in [-0.2, -0.15) is 0 Å². The van der Waals surface area contributed by atoms with Gasteiger partial charge in [0.15, 0.2) is 0 Å². The van der Waals surface area contributed by atoms with Gasteiger partial charge in [0.1, 0.15) is 5.01 Å². The smallest absolute Gasteiger partial charge is 0.205 e. The number of aliphatic hydroxyl groups is 1. The number of hydrogen-bond acceptors (Lipinski definition) is 7. The van der Waals surface area contributed by atoms with Gasteiger partial charge in [0.2, 0.25) is 5.13 Å².